The molecule has 12 rings (SSSR count). The highest BCUT2D eigenvalue weighted by molar-refractivity contribution is 5.96. The second kappa shape index (κ2) is 12.7. The Bertz CT molecular complexity index is 3020. The summed E-state index contributed by atoms with van der Waals surface area (Å²) in [6, 6.07) is 75.7. The van der Waals surface area contributed by atoms with Crippen LogP contribution in [0, 0.1) is 0 Å². The molecule has 0 saturated carbocycles. The third-order valence-electron chi connectivity index (χ3n) is 12.1. The number of fused-ring (bicyclic) bond motifs is 12. The lowest BCUT2D eigenvalue weighted by atomic mass is 9.70. The average molecular weight is 742 g/mol. The number of para-hydroxylation sites is 2. The fraction of sp³-hybridized carbons (Fsp3) is 0.0182. The molecule has 58 heavy (non-hydrogen) atoms. The molecule has 0 amide bonds. The first-order valence-electron chi connectivity index (χ1n) is 19.8. The molecule has 2 aliphatic carbocycles. The summed E-state index contributed by atoms with van der Waals surface area (Å²) in [6.45, 7) is 0. The van der Waals surface area contributed by atoms with E-state index < -0.39 is 5.41 Å². The van der Waals surface area contributed by atoms with Crippen molar-refractivity contribution < 1.29 is 9.47 Å². The minimum absolute atomic E-state index is 0.479. The van der Waals surface area contributed by atoms with Crippen LogP contribution in [0.5, 0.6) is 23.0 Å². The predicted molar refractivity (Wildman–Crippen MR) is 235 cm³/mol. The van der Waals surface area contributed by atoms with E-state index in [4.69, 9.17) is 9.47 Å². The summed E-state index contributed by atoms with van der Waals surface area (Å²) in [7, 11) is 0. The quantitative estimate of drug-likeness (QED) is 0.175. The molecule has 0 aromatic heterocycles. The van der Waals surface area contributed by atoms with Crippen LogP contribution in [0.15, 0.2) is 212 Å². The molecule has 0 unspecified atom stereocenters. The van der Waals surface area contributed by atoms with Gasteiger partial charge in [-0.3, -0.25) is 0 Å². The first kappa shape index (κ1) is 32.6. The number of hydrogen-bond acceptors (Lipinski definition) is 3. The average Bonchev–Trinajstić information content (AvgIpc) is 3.75. The highest BCUT2D eigenvalue weighted by atomic mass is 16.6. The molecule has 0 bridgehead atoms. The van der Waals surface area contributed by atoms with Gasteiger partial charge in [-0.15, -0.1) is 0 Å². The molecule has 3 heteroatoms. The smallest absolute Gasteiger partial charge is 0.194 e. The normalized spacial score (nSPS) is 13.2. The molecule has 0 radical (unpaired) electrons. The number of nitrogens with zero attached hydrogens (tertiary/aromatic N) is 1. The van der Waals surface area contributed by atoms with Crippen molar-refractivity contribution in [1.82, 2.24) is 0 Å². The summed E-state index contributed by atoms with van der Waals surface area (Å²) >= 11 is 0. The summed E-state index contributed by atoms with van der Waals surface area (Å²) in [5.41, 5.74) is 17.2. The Morgan fingerprint density at radius 2 is 0.810 bits per heavy atom. The van der Waals surface area contributed by atoms with E-state index in [1.807, 2.05) is 6.07 Å². The van der Waals surface area contributed by atoms with Crippen LogP contribution >= 0.6 is 0 Å². The van der Waals surface area contributed by atoms with Gasteiger partial charge in [-0.05, 0) is 115 Å². The molecule has 0 fully saturated rings. The fourth-order valence-corrected chi connectivity index (χ4v) is 9.66. The highest BCUT2D eigenvalue weighted by Crippen LogP contribution is 2.65. The van der Waals surface area contributed by atoms with E-state index in [-0.39, 0.29) is 0 Å². The Morgan fingerprint density at radius 3 is 1.48 bits per heavy atom. The van der Waals surface area contributed by atoms with Crippen LogP contribution in [-0.2, 0) is 5.41 Å². The van der Waals surface area contributed by atoms with Crippen molar-refractivity contribution >= 4 is 17.1 Å². The minimum atomic E-state index is -0.479. The van der Waals surface area contributed by atoms with Crippen LogP contribution in [0.2, 0.25) is 0 Å². The van der Waals surface area contributed by atoms with Gasteiger partial charge in [-0.25, -0.2) is 0 Å². The van der Waals surface area contributed by atoms with Gasteiger partial charge in [0.25, 0.3) is 0 Å². The SMILES string of the molecule is c1ccc(-c2ccc(-c3cccc(N(c4ccccc4)c4cccc5c4Oc4cc6c(cc4O5)-c4ccccc4C64c5ccccc5-c5ccccc54)c3)cc2)cc1. The first-order valence-corrected chi connectivity index (χ1v) is 19.8. The van der Waals surface area contributed by atoms with Gasteiger partial charge in [0.2, 0.25) is 0 Å². The molecule has 9 aromatic carbocycles. The molecular formula is C55H35NO2. The van der Waals surface area contributed by atoms with Crippen molar-refractivity contribution in [3.05, 3.63) is 235 Å². The van der Waals surface area contributed by atoms with Gasteiger partial charge in [0.05, 0.1) is 11.1 Å². The Kier molecular flexibility index (Phi) is 7.14. The topological polar surface area (TPSA) is 21.7 Å². The number of ether oxygens (including phenoxy) is 2. The molecule has 272 valence electrons. The van der Waals surface area contributed by atoms with Crippen molar-refractivity contribution in [2.24, 2.45) is 0 Å². The maximum absolute atomic E-state index is 7.14. The molecule has 9 aromatic rings. The van der Waals surface area contributed by atoms with E-state index in [2.05, 4.69) is 211 Å². The van der Waals surface area contributed by atoms with E-state index in [0.717, 1.165) is 28.2 Å². The Morgan fingerprint density at radius 1 is 0.310 bits per heavy atom. The Hall–Kier alpha value is -7.62. The third kappa shape index (κ3) is 4.74. The van der Waals surface area contributed by atoms with Crippen LogP contribution in [0.3, 0.4) is 0 Å². The largest absolute Gasteiger partial charge is 0.449 e. The summed E-state index contributed by atoms with van der Waals surface area (Å²) in [4.78, 5) is 2.27. The lowest BCUT2D eigenvalue weighted by molar-refractivity contribution is 0.360. The zero-order valence-corrected chi connectivity index (χ0v) is 31.5. The number of anilines is 3. The van der Waals surface area contributed by atoms with E-state index in [1.165, 1.54) is 55.6 Å². The maximum Gasteiger partial charge on any atom is 0.194 e. The number of hydrogen-bond donors (Lipinski definition) is 0. The van der Waals surface area contributed by atoms with E-state index >= 15 is 0 Å². The van der Waals surface area contributed by atoms with Gasteiger partial charge in [0.1, 0.15) is 0 Å². The van der Waals surface area contributed by atoms with Gasteiger partial charge in [0, 0.05) is 11.4 Å². The molecule has 0 atom stereocenters. The highest BCUT2D eigenvalue weighted by Gasteiger charge is 2.52. The van der Waals surface area contributed by atoms with Crippen molar-refractivity contribution in [2.75, 3.05) is 4.90 Å². The Balaban J connectivity index is 0.989. The molecule has 3 nitrogen and oxygen atoms in total. The zero-order valence-electron chi connectivity index (χ0n) is 31.5. The summed E-state index contributed by atoms with van der Waals surface area (Å²) < 4.78 is 14.0. The van der Waals surface area contributed by atoms with Crippen LogP contribution in [0.4, 0.5) is 17.1 Å². The van der Waals surface area contributed by atoms with E-state index in [9.17, 15) is 0 Å². The van der Waals surface area contributed by atoms with Crippen molar-refractivity contribution in [3.63, 3.8) is 0 Å². The van der Waals surface area contributed by atoms with Gasteiger partial charge in [-0.2, -0.15) is 0 Å². The molecule has 3 aliphatic rings. The van der Waals surface area contributed by atoms with E-state index in [1.54, 1.807) is 0 Å². The fourth-order valence-electron chi connectivity index (χ4n) is 9.66. The van der Waals surface area contributed by atoms with Crippen molar-refractivity contribution in [3.8, 4) is 67.5 Å². The molecule has 1 aliphatic heterocycles. The van der Waals surface area contributed by atoms with Crippen molar-refractivity contribution in [1.29, 1.82) is 0 Å². The van der Waals surface area contributed by atoms with Crippen LogP contribution < -0.4 is 14.4 Å². The second-order valence-electron chi connectivity index (χ2n) is 15.2. The molecule has 1 spiro atoms. The van der Waals surface area contributed by atoms with Gasteiger partial charge in [0.15, 0.2) is 23.0 Å². The zero-order chi connectivity index (χ0) is 38.2. The molecule has 1 heterocycles. The Labute approximate surface area is 337 Å². The summed E-state index contributed by atoms with van der Waals surface area (Å²) in [6.07, 6.45) is 0. The summed E-state index contributed by atoms with van der Waals surface area (Å²) in [5.74, 6) is 2.76. The lowest BCUT2D eigenvalue weighted by Crippen LogP contribution is -2.25. The minimum Gasteiger partial charge on any atom is -0.449 e. The van der Waals surface area contributed by atoms with Crippen molar-refractivity contribution in [2.45, 2.75) is 5.41 Å². The summed E-state index contributed by atoms with van der Waals surface area (Å²) in [5, 5.41) is 0. The maximum atomic E-state index is 7.14. The predicted octanol–water partition coefficient (Wildman–Crippen LogP) is 14.7. The van der Waals surface area contributed by atoms with E-state index in [0.29, 0.717) is 23.0 Å². The molecular weight excluding hydrogens is 707 g/mol. The first-order chi connectivity index (χ1) is 28.8. The third-order valence-corrected chi connectivity index (χ3v) is 12.1. The van der Waals surface area contributed by atoms with Crippen LogP contribution in [0.25, 0.3) is 44.5 Å². The van der Waals surface area contributed by atoms with Gasteiger partial charge in [-0.1, -0.05) is 164 Å². The molecule has 0 saturated heterocycles. The van der Waals surface area contributed by atoms with Gasteiger partial charge >= 0.3 is 0 Å². The molecule has 0 N–H and O–H groups in total. The van der Waals surface area contributed by atoms with Crippen LogP contribution in [-0.4, -0.2) is 0 Å². The monoisotopic (exact) mass is 741 g/mol. The second-order valence-corrected chi connectivity index (χ2v) is 15.2. The number of benzene rings is 9. The standard InChI is InChI=1S/C55H35NO2/c1-3-15-36(16-4-1)37-29-31-38(32-30-37)39-17-13-20-41(33-39)56(40-18-5-2-6-19-40)50-27-14-28-51-54(50)58-53-35-49-45(34-52(53)57-51)44-23-9-12-26-48(44)55(49)46-24-10-7-21-42(46)43-22-8-11-25-47(43)55/h1-35H. The van der Waals surface area contributed by atoms with Gasteiger partial charge < -0.3 is 14.4 Å². The lowest BCUT2D eigenvalue weighted by Gasteiger charge is -2.32. The van der Waals surface area contributed by atoms with Crippen LogP contribution in [0.1, 0.15) is 22.3 Å². The number of rotatable bonds is 5.